The molecule has 0 bridgehead atoms. The molecular weight excluding hydrogens is 340 g/mol. The normalized spacial score (nSPS) is 10.8. The molecule has 0 aliphatic heterocycles. The van der Waals surface area contributed by atoms with Gasteiger partial charge in [-0.05, 0) is 64.7 Å². The van der Waals surface area contributed by atoms with Crippen molar-refractivity contribution in [2.45, 2.75) is 4.90 Å². The zero-order valence-corrected chi connectivity index (χ0v) is 14.7. The molecule has 4 aromatic rings. The molecule has 0 spiro atoms. The SMILES string of the molecule is N=C(N)c1ccc(-c2ccc3nccc(-c4ccncc4)c3c2)cc1S. The van der Waals surface area contributed by atoms with Crippen molar-refractivity contribution in [1.82, 2.24) is 9.97 Å². The molecule has 0 saturated heterocycles. The summed E-state index contributed by atoms with van der Waals surface area (Å²) in [7, 11) is 0. The van der Waals surface area contributed by atoms with Crippen molar-refractivity contribution in [3.8, 4) is 22.3 Å². The summed E-state index contributed by atoms with van der Waals surface area (Å²) in [6.45, 7) is 0. The number of benzene rings is 2. The quantitative estimate of drug-likeness (QED) is 0.287. The van der Waals surface area contributed by atoms with Crippen LogP contribution in [-0.4, -0.2) is 15.8 Å². The van der Waals surface area contributed by atoms with Crippen molar-refractivity contribution in [3.63, 3.8) is 0 Å². The lowest BCUT2D eigenvalue weighted by Crippen LogP contribution is -2.11. The highest BCUT2D eigenvalue weighted by molar-refractivity contribution is 7.80. The first-order valence-electron chi connectivity index (χ1n) is 8.10. The zero-order valence-electron chi connectivity index (χ0n) is 13.8. The van der Waals surface area contributed by atoms with E-state index in [-0.39, 0.29) is 5.84 Å². The third-order valence-electron chi connectivity index (χ3n) is 4.35. The number of nitrogen functional groups attached to an aromatic ring is 1. The summed E-state index contributed by atoms with van der Waals surface area (Å²) in [6.07, 6.45) is 5.41. The molecule has 5 heteroatoms. The summed E-state index contributed by atoms with van der Waals surface area (Å²) in [6, 6.07) is 17.9. The number of nitrogens with zero attached hydrogens (tertiary/aromatic N) is 2. The first-order valence-corrected chi connectivity index (χ1v) is 8.55. The minimum absolute atomic E-state index is 0.0178. The van der Waals surface area contributed by atoms with Gasteiger partial charge in [-0.2, -0.15) is 0 Å². The second-order valence-corrected chi connectivity index (χ2v) is 6.45. The van der Waals surface area contributed by atoms with E-state index in [1.807, 2.05) is 54.7 Å². The Morgan fingerprint density at radius 2 is 1.58 bits per heavy atom. The number of aromatic nitrogens is 2. The first-order chi connectivity index (χ1) is 12.6. The van der Waals surface area contributed by atoms with E-state index in [0.717, 1.165) is 33.2 Å². The Hall–Kier alpha value is -3.18. The maximum Gasteiger partial charge on any atom is 0.123 e. The molecule has 0 aliphatic rings. The summed E-state index contributed by atoms with van der Waals surface area (Å²) in [4.78, 5) is 9.27. The third kappa shape index (κ3) is 2.93. The Bertz CT molecular complexity index is 1120. The maximum atomic E-state index is 7.60. The highest BCUT2D eigenvalue weighted by atomic mass is 32.1. The maximum absolute atomic E-state index is 7.60. The van der Waals surface area contributed by atoms with Crippen molar-refractivity contribution in [3.05, 3.63) is 78.8 Å². The predicted octanol–water partition coefficient (Wildman–Crippen LogP) is 4.54. The summed E-state index contributed by atoms with van der Waals surface area (Å²) in [5, 5.41) is 8.67. The van der Waals surface area contributed by atoms with Crippen LogP contribution in [0.25, 0.3) is 33.2 Å². The number of amidine groups is 1. The van der Waals surface area contributed by atoms with Crippen LogP contribution in [-0.2, 0) is 0 Å². The van der Waals surface area contributed by atoms with Gasteiger partial charge in [0.15, 0.2) is 0 Å². The van der Waals surface area contributed by atoms with Gasteiger partial charge in [0, 0.05) is 34.4 Å². The fourth-order valence-electron chi connectivity index (χ4n) is 3.05. The van der Waals surface area contributed by atoms with Gasteiger partial charge < -0.3 is 5.73 Å². The highest BCUT2D eigenvalue weighted by Gasteiger charge is 2.09. The third-order valence-corrected chi connectivity index (χ3v) is 4.72. The fraction of sp³-hybridized carbons (Fsp3) is 0. The molecule has 2 heterocycles. The molecule has 0 radical (unpaired) electrons. The van der Waals surface area contributed by atoms with Crippen LogP contribution in [0.15, 0.2) is 78.1 Å². The van der Waals surface area contributed by atoms with Crippen LogP contribution in [0.5, 0.6) is 0 Å². The molecule has 3 N–H and O–H groups in total. The van der Waals surface area contributed by atoms with Gasteiger partial charge in [0.2, 0.25) is 0 Å². The van der Waals surface area contributed by atoms with Gasteiger partial charge in [-0.15, -0.1) is 12.6 Å². The molecule has 0 amide bonds. The Balaban J connectivity index is 1.88. The van der Waals surface area contributed by atoms with Gasteiger partial charge in [0.1, 0.15) is 5.84 Å². The molecule has 2 aromatic heterocycles. The molecule has 0 fully saturated rings. The lowest BCUT2D eigenvalue weighted by atomic mass is 9.97. The van der Waals surface area contributed by atoms with Gasteiger partial charge in [-0.1, -0.05) is 12.1 Å². The van der Waals surface area contributed by atoms with Crippen molar-refractivity contribution >= 4 is 29.4 Å². The van der Waals surface area contributed by atoms with Crippen molar-refractivity contribution in [1.29, 1.82) is 5.41 Å². The fourth-order valence-corrected chi connectivity index (χ4v) is 3.38. The number of nitrogens with two attached hydrogens (primary N) is 1. The average Bonchev–Trinajstić information content (AvgIpc) is 2.67. The number of hydrogen-bond acceptors (Lipinski definition) is 4. The van der Waals surface area contributed by atoms with Crippen LogP contribution in [0.3, 0.4) is 0 Å². The van der Waals surface area contributed by atoms with Gasteiger partial charge >= 0.3 is 0 Å². The highest BCUT2D eigenvalue weighted by Crippen LogP contribution is 2.32. The Kier molecular flexibility index (Phi) is 4.14. The number of nitrogens with one attached hydrogen (secondary N) is 1. The van der Waals surface area contributed by atoms with Gasteiger partial charge in [-0.25, -0.2) is 0 Å². The van der Waals surface area contributed by atoms with Crippen molar-refractivity contribution in [2.75, 3.05) is 0 Å². The Labute approximate surface area is 156 Å². The number of thiol groups is 1. The van der Waals surface area contributed by atoms with Crippen LogP contribution < -0.4 is 5.73 Å². The average molecular weight is 356 g/mol. The van der Waals surface area contributed by atoms with Gasteiger partial charge in [0.05, 0.1) is 5.52 Å². The molecule has 0 saturated carbocycles. The van der Waals surface area contributed by atoms with Crippen molar-refractivity contribution < 1.29 is 0 Å². The largest absolute Gasteiger partial charge is 0.384 e. The molecule has 4 nitrogen and oxygen atoms in total. The second kappa shape index (κ2) is 6.61. The molecule has 126 valence electrons. The molecule has 0 aliphatic carbocycles. The number of rotatable bonds is 3. The van der Waals surface area contributed by atoms with Crippen LogP contribution in [0.1, 0.15) is 5.56 Å². The molecule has 2 aromatic carbocycles. The summed E-state index contributed by atoms with van der Waals surface area (Å²) < 4.78 is 0. The predicted molar refractivity (Wildman–Crippen MR) is 109 cm³/mol. The molecule has 26 heavy (non-hydrogen) atoms. The van der Waals surface area contributed by atoms with Crippen LogP contribution in [0.2, 0.25) is 0 Å². The van der Waals surface area contributed by atoms with Crippen LogP contribution in [0, 0.1) is 5.41 Å². The number of pyridine rings is 2. The van der Waals surface area contributed by atoms with E-state index < -0.39 is 0 Å². The lowest BCUT2D eigenvalue weighted by Gasteiger charge is -2.10. The van der Waals surface area contributed by atoms with Crippen molar-refractivity contribution in [2.24, 2.45) is 5.73 Å². The van der Waals surface area contributed by atoms with E-state index in [2.05, 4.69) is 28.7 Å². The van der Waals surface area contributed by atoms with Gasteiger partial charge in [0.25, 0.3) is 0 Å². The van der Waals surface area contributed by atoms with E-state index in [1.54, 1.807) is 12.4 Å². The van der Waals surface area contributed by atoms with E-state index in [9.17, 15) is 0 Å². The zero-order chi connectivity index (χ0) is 18.1. The standard InChI is InChI=1S/C21H16N4S/c22-21(23)17-3-1-15(12-20(17)26)14-2-4-19-18(11-14)16(7-10-25-19)13-5-8-24-9-6-13/h1-12,26H,(H3,22,23). The van der Waals surface area contributed by atoms with E-state index in [0.29, 0.717) is 10.5 Å². The molecular formula is C21H16N4S. The Morgan fingerprint density at radius 1 is 0.846 bits per heavy atom. The first kappa shape index (κ1) is 16.3. The number of hydrogen-bond donors (Lipinski definition) is 3. The molecule has 0 unspecified atom stereocenters. The Morgan fingerprint density at radius 3 is 2.31 bits per heavy atom. The summed E-state index contributed by atoms with van der Waals surface area (Å²) >= 11 is 4.47. The minimum Gasteiger partial charge on any atom is -0.384 e. The monoisotopic (exact) mass is 356 g/mol. The smallest absolute Gasteiger partial charge is 0.123 e. The van der Waals surface area contributed by atoms with E-state index in [1.165, 1.54) is 0 Å². The van der Waals surface area contributed by atoms with E-state index >= 15 is 0 Å². The number of fused-ring (bicyclic) bond motifs is 1. The molecule has 0 atom stereocenters. The second-order valence-electron chi connectivity index (χ2n) is 5.97. The van der Waals surface area contributed by atoms with E-state index in [4.69, 9.17) is 11.1 Å². The topological polar surface area (TPSA) is 75.7 Å². The minimum atomic E-state index is 0.0178. The summed E-state index contributed by atoms with van der Waals surface area (Å²) in [5.74, 6) is 0.0178. The van der Waals surface area contributed by atoms with Gasteiger partial charge in [-0.3, -0.25) is 15.4 Å². The lowest BCUT2D eigenvalue weighted by molar-refractivity contribution is 1.33. The molecule has 4 rings (SSSR count). The van der Waals surface area contributed by atoms with Crippen LogP contribution in [0.4, 0.5) is 0 Å². The summed E-state index contributed by atoms with van der Waals surface area (Å²) in [5.41, 5.74) is 11.5. The van der Waals surface area contributed by atoms with Crippen LogP contribution >= 0.6 is 12.6 Å².